The van der Waals surface area contributed by atoms with Gasteiger partial charge in [-0.15, -0.1) is 0 Å². The lowest BCUT2D eigenvalue weighted by atomic mass is 9.91. The van der Waals surface area contributed by atoms with E-state index in [9.17, 15) is 4.79 Å². The second-order valence-electron chi connectivity index (χ2n) is 4.36. The molecule has 2 aliphatic rings. The summed E-state index contributed by atoms with van der Waals surface area (Å²) in [5.41, 5.74) is 0. The molecule has 0 aromatic rings. The Morgan fingerprint density at radius 3 is 2.50 bits per heavy atom. The largest absolute Gasteiger partial charge is 0.465 e. The first-order valence-electron chi connectivity index (χ1n) is 5.49. The molecule has 0 bridgehead atoms. The molecule has 1 aliphatic carbocycles. The van der Waals surface area contributed by atoms with Crippen LogP contribution in [0.4, 0.5) is 4.79 Å². The van der Waals surface area contributed by atoms with Crippen LogP contribution in [-0.4, -0.2) is 41.3 Å². The monoisotopic (exact) mass is 198 g/mol. The molecule has 1 saturated heterocycles. The third-order valence-electron chi connectivity index (χ3n) is 3.27. The zero-order valence-electron chi connectivity index (χ0n) is 8.41. The van der Waals surface area contributed by atoms with E-state index in [1.54, 1.807) is 0 Å². The number of hydrogen-bond acceptors (Lipinski definition) is 2. The van der Waals surface area contributed by atoms with Gasteiger partial charge in [-0.05, 0) is 25.7 Å². The molecule has 80 valence electrons. The molecule has 2 N–H and O–H groups in total. The van der Waals surface area contributed by atoms with Gasteiger partial charge in [0, 0.05) is 25.2 Å². The molecule has 4 heteroatoms. The van der Waals surface area contributed by atoms with Gasteiger partial charge in [-0.25, -0.2) is 4.79 Å². The Bertz CT molecular complexity index is 216. The summed E-state index contributed by atoms with van der Waals surface area (Å²) in [6.07, 6.45) is 5.21. The SMILES string of the molecule is O=C(O)N1CCCC(NC2CCC2)C1. The summed E-state index contributed by atoms with van der Waals surface area (Å²) in [6.45, 7) is 1.38. The minimum absolute atomic E-state index is 0.394. The number of likely N-dealkylation sites (tertiary alicyclic amines) is 1. The van der Waals surface area contributed by atoms with Crippen molar-refractivity contribution in [2.75, 3.05) is 13.1 Å². The van der Waals surface area contributed by atoms with Crippen LogP contribution in [0.15, 0.2) is 0 Å². The van der Waals surface area contributed by atoms with Crippen LogP contribution in [0.2, 0.25) is 0 Å². The molecule has 1 atom stereocenters. The zero-order valence-corrected chi connectivity index (χ0v) is 8.41. The Morgan fingerprint density at radius 2 is 1.93 bits per heavy atom. The van der Waals surface area contributed by atoms with Crippen molar-refractivity contribution < 1.29 is 9.90 Å². The number of carbonyl (C=O) groups is 1. The number of rotatable bonds is 2. The molecule has 1 amide bonds. The summed E-state index contributed by atoms with van der Waals surface area (Å²) >= 11 is 0. The quantitative estimate of drug-likeness (QED) is 0.702. The fourth-order valence-corrected chi connectivity index (χ4v) is 2.20. The van der Waals surface area contributed by atoms with Crippen molar-refractivity contribution in [3.63, 3.8) is 0 Å². The lowest BCUT2D eigenvalue weighted by molar-refractivity contribution is 0.121. The molecule has 1 saturated carbocycles. The molecule has 0 aromatic heterocycles. The van der Waals surface area contributed by atoms with E-state index in [-0.39, 0.29) is 0 Å². The molecular formula is C10H18N2O2. The van der Waals surface area contributed by atoms with Gasteiger partial charge in [-0.1, -0.05) is 6.42 Å². The maximum Gasteiger partial charge on any atom is 0.407 e. The second kappa shape index (κ2) is 4.17. The van der Waals surface area contributed by atoms with Crippen molar-refractivity contribution in [3.05, 3.63) is 0 Å². The molecule has 1 aliphatic heterocycles. The van der Waals surface area contributed by atoms with Crippen molar-refractivity contribution in [2.45, 2.75) is 44.2 Å². The van der Waals surface area contributed by atoms with E-state index < -0.39 is 6.09 Å². The van der Waals surface area contributed by atoms with Gasteiger partial charge in [-0.2, -0.15) is 0 Å². The highest BCUT2D eigenvalue weighted by Crippen LogP contribution is 2.20. The van der Waals surface area contributed by atoms with Crippen molar-refractivity contribution in [2.24, 2.45) is 0 Å². The Morgan fingerprint density at radius 1 is 1.21 bits per heavy atom. The average Bonchev–Trinajstić information content (AvgIpc) is 2.12. The molecule has 0 spiro atoms. The Labute approximate surface area is 84.3 Å². The van der Waals surface area contributed by atoms with Crippen LogP contribution in [0.3, 0.4) is 0 Å². The van der Waals surface area contributed by atoms with Crippen molar-refractivity contribution in [1.82, 2.24) is 10.2 Å². The highest BCUT2D eigenvalue weighted by atomic mass is 16.4. The normalized spacial score (nSPS) is 28.6. The third kappa shape index (κ3) is 2.18. The van der Waals surface area contributed by atoms with Gasteiger partial charge in [0.15, 0.2) is 0 Å². The first-order valence-corrected chi connectivity index (χ1v) is 5.49. The van der Waals surface area contributed by atoms with Crippen molar-refractivity contribution in [1.29, 1.82) is 0 Å². The molecule has 0 radical (unpaired) electrons. The fourth-order valence-electron chi connectivity index (χ4n) is 2.20. The Kier molecular flexibility index (Phi) is 2.91. The second-order valence-corrected chi connectivity index (χ2v) is 4.36. The van der Waals surface area contributed by atoms with Gasteiger partial charge in [0.2, 0.25) is 0 Å². The Hall–Kier alpha value is -0.770. The van der Waals surface area contributed by atoms with Gasteiger partial charge < -0.3 is 15.3 Å². The minimum atomic E-state index is -0.773. The maximum atomic E-state index is 10.8. The first-order chi connectivity index (χ1) is 6.75. The summed E-state index contributed by atoms with van der Waals surface area (Å²) < 4.78 is 0. The fraction of sp³-hybridized carbons (Fsp3) is 0.900. The molecule has 2 rings (SSSR count). The number of amides is 1. The number of nitrogens with zero attached hydrogens (tertiary/aromatic N) is 1. The van der Waals surface area contributed by atoms with E-state index in [2.05, 4.69) is 5.32 Å². The summed E-state index contributed by atoms with van der Waals surface area (Å²) in [7, 11) is 0. The summed E-state index contributed by atoms with van der Waals surface area (Å²) in [5, 5.41) is 12.4. The van der Waals surface area contributed by atoms with Crippen LogP contribution < -0.4 is 5.32 Å². The third-order valence-corrected chi connectivity index (χ3v) is 3.27. The summed E-state index contributed by atoms with van der Waals surface area (Å²) in [5.74, 6) is 0. The highest BCUT2D eigenvalue weighted by Gasteiger charge is 2.26. The first kappa shape index (κ1) is 9.77. The lowest BCUT2D eigenvalue weighted by Crippen LogP contribution is -2.51. The molecule has 4 nitrogen and oxygen atoms in total. The van der Waals surface area contributed by atoms with Crippen LogP contribution in [0.25, 0.3) is 0 Å². The standard InChI is InChI=1S/C10H18N2O2/c13-10(14)12-6-2-5-9(7-12)11-8-3-1-4-8/h8-9,11H,1-7H2,(H,13,14). The van der Waals surface area contributed by atoms with Gasteiger partial charge in [0.25, 0.3) is 0 Å². The van der Waals surface area contributed by atoms with E-state index in [0.29, 0.717) is 25.2 Å². The van der Waals surface area contributed by atoms with Crippen LogP contribution in [0, 0.1) is 0 Å². The average molecular weight is 198 g/mol. The van der Waals surface area contributed by atoms with Crippen LogP contribution in [-0.2, 0) is 0 Å². The van der Waals surface area contributed by atoms with E-state index in [4.69, 9.17) is 5.11 Å². The number of carboxylic acid groups (broad SMARTS) is 1. The highest BCUT2D eigenvalue weighted by molar-refractivity contribution is 5.65. The molecule has 0 aromatic carbocycles. The van der Waals surface area contributed by atoms with Gasteiger partial charge in [0.05, 0.1) is 0 Å². The number of piperidine rings is 1. The summed E-state index contributed by atoms with van der Waals surface area (Å²) in [6, 6.07) is 1.05. The van der Waals surface area contributed by atoms with Crippen molar-refractivity contribution >= 4 is 6.09 Å². The lowest BCUT2D eigenvalue weighted by Gasteiger charge is -2.36. The Balaban J connectivity index is 1.78. The predicted octanol–water partition coefficient (Wildman–Crippen LogP) is 1.27. The molecular weight excluding hydrogens is 180 g/mol. The molecule has 14 heavy (non-hydrogen) atoms. The van der Waals surface area contributed by atoms with E-state index in [0.717, 1.165) is 12.8 Å². The zero-order chi connectivity index (χ0) is 9.97. The molecule has 2 fully saturated rings. The van der Waals surface area contributed by atoms with Crippen LogP contribution in [0.1, 0.15) is 32.1 Å². The van der Waals surface area contributed by atoms with E-state index in [1.165, 1.54) is 24.2 Å². The van der Waals surface area contributed by atoms with Crippen LogP contribution >= 0.6 is 0 Å². The minimum Gasteiger partial charge on any atom is -0.465 e. The molecule has 1 heterocycles. The van der Waals surface area contributed by atoms with Gasteiger partial charge >= 0.3 is 6.09 Å². The van der Waals surface area contributed by atoms with Gasteiger partial charge in [0.1, 0.15) is 0 Å². The predicted molar refractivity (Wildman–Crippen MR) is 53.4 cm³/mol. The topological polar surface area (TPSA) is 52.6 Å². The number of hydrogen-bond donors (Lipinski definition) is 2. The summed E-state index contributed by atoms with van der Waals surface area (Å²) in [4.78, 5) is 12.3. The van der Waals surface area contributed by atoms with Crippen LogP contribution in [0.5, 0.6) is 0 Å². The van der Waals surface area contributed by atoms with Gasteiger partial charge in [-0.3, -0.25) is 0 Å². The number of nitrogens with one attached hydrogen (secondary N) is 1. The van der Waals surface area contributed by atoms with Crippen molar-refractivity contribution in [3.8, 4) is 0 Å². The molecule has 1 unspecified atom stereocenters. The smallest absolute Gasteiger partial charge is 0.407 e. The van der Waals surface area contributed by atoms with E-state index in [1.807, 2.05) is 0 Å². The van der Waals surface area contributed by atoms with E-state index >= 15 is 0 Å². The maximum absolute atomic E-state index is 10.8.